The average Bonchev–Trinajstić information content (AvgIpc) is 2.27. The first-order valence-electron chi connectivity index (χ1n) is 6.30. The molecule has 98 valence electrons. The van der Waals surface area contributed by atoms with E-state index in [0.29, 0.717) is 25.5 Å². The Kier molecular flexibility index (Phi) is 5.12. The summed E-state index contributed by atoms with van der Waals surface area (Å²) < 4.78 is 5.22. The standard InChI is InChI=1S/C13H24N2O2/c1-13(2,3)5-4-11(16)10-12(14)15-6-8-17-9-7-15/h14H,4-10H2,1-3H3. The van der Waals surface area contributed by atoms with Gasteiger partial charge in [-0.15, -0.1) is 0 Å². The van der Waals surface area contributed by atoms with Crippen LogP contribution >= 0.6 is 0 Å². The van der Waals surface area contributed by atoms with Crippen LogP contribution in [0.25, 0.3) is 0 Å². The second-order valence-corrected chi connectivity index (χ2v) is 5.82. The maximum atomic E-state index is 11.7. The van der Waals surface area contributed by atoms with Gasteiger partial charge in [0.05, 0.1) is 19.6 Å². The Hall–Kier alpha value is -0.900. The zero-order chi connectivity index (χ0) is 12.9. The molecule has 0 bridgehead atoms. The molecule has 1 aliphatic heterocycles. The monoisotopic (exact) mass is 240 g/mol. The van der Waals surface area contributed by atoms with Gasteiger partial charge in [0.1, 0.15) is 11.6 Å². The molecular weight excluding hydrogens is 216 g/mol. The van der Waals surface area contributed by atoms with Gasteiger partial charge in [0.25, 0.3) is 0 Å². The van der Waals surface area contributed by atoms with Gasteiger partial charge in [-0.1, -0.05) is 20.8 Å². The van der Waals surface area contributed by atoms with E-state index < -0.39 is 0 Å². The average molecular weight is 240 g/mol. The molecule has 1 fully saturated rings. The lowest BCUT2D eigenvalue weighted by Gasteiger charge is -2.29. The van der Waals surface area contributed by atoms with Crippen LogP contribution in [0.1, 0.15) is 40.0 Å². The number of morpholine rings is 1. The third-order valence-corrected chi connectivity index (χ3v) is 2.91. The Bertz CT molecular complexity index is 276. The minimum Gasteiger partial charge on any atom is -0.378 e. The highest BCUT2D eigenvalue weighted by Crippen LogP contribution is 2.21. The summed E-state index contributed by atoms with van der Waals surface area (Å²) in [5.41, 5.74) is 0.191. The van der Waals surface area contributed by atoms with Crippen LogP contribution in [-0.4, -0.2) is 42.8 Å². The molecule has 1 saturated heterocycles. The van der Waals surface area contributed by atoms with Gasteiger partial charge >= 0.3 is 0 Å². The number of carbonyl (C=O) groups is 1. The molecule has 0 unspecified atom stereocenters. The third-order valence-electron chi connectivity index (χ3n) is 2.91. The van der Waals surface area contributed by atoms with E-state index in [1.807, 2.05) is 4.90 Å². The van der Waals surface area contributed by atoms with Crippen molar-refractivity contribution in [3.05, 3.63) is 0 Å². The second-order valence-electron chi connectivity index (χ2n) is 5.82. The number of hydrogen-bond donors (Lipinski definition) is 1. The van der Waals surface area contributed by atoms with E-state index in [2.05, 4.69) is 20.8 Å². The predicted molar refractivity (Wildman–Crippen MR) is 68.4 cm³/mol. The summed E-state index contributed by atoms with van der Waals surface area (Å²) in [6.45, 7) is 9.21. The summed E-state index contributed by atoms with van der Waals surface area (Å²) in [7, 11) is 0. The minimum atomic E-state index is 0.177. The van der Waals surface area contributed by atoms with Crippen molar-refractivity contribution in [2.24, 2.45) is 5.41 Å². The Balaban J connectivity index is 2.27. The molecule has 0 saturated carbocycles. The molecule has 4 heteroatoms. The summed E-state index contributed by atoms with van der Waals surface area (Å²) in [5.74, 6) is 0.628. The molecule has 4 nitrogen and oxygen atoms in total. The molecule has 0 aliphatic carbocycles. The molecule has 1 N–H and O–H groups in total. The lowest BCUT2D eigenvalue weighted by Crippen LogP contribution is -2.41. The van der Waals surface area contributed by atoms with Crippen molar-refractivity contribution in [1.29, 1.82) is 5.41 Å². The number of amidine groups is 1. The number of hydrogen-bond acceptors (Lipinski definition) is 3. The Morgan fingerprint density at radius 2 is 1.88 bits per heavy atom. The van der Waals surface area contributed by atoms with Gasteiger partial charge < -0.3 is 9.64 Å². The molecule has 0 amide bonds. The molecule has 1 rings (SSSR count). The van der Waals surface area contributed by atoms with E-state index in [-0.39, 0.29) is 17.6 Å². The van der Waals surface area contributed by atoms with Crippen LogP contribution in [0.15, 0.2) is 0 Å². The summed E-state index contributed by atoms with van der Waals surface area (Å²) in [4.78, 5) is 13.7. The molecule has 0 aromatic heterocycles. The van der Waals surface area contributed by atoms with Gasteiger partial charge in [0.2, 0.25) is 0 Å². The highest BCUT2D eigenvalue weighted by molar-refractivity contribution is 5.99. The quantitative estimate of drug-likeness (QED) is 0.604. The highest BCUT2D eigenvalue weighted by Gasteiger charge is 2.18. The maximum absolute atomic E-state index is 11.7. The van der Waals surface area contributed by atoms with E-state index in [9.17, 15) is 4.79 Å². The van der Waals surface area contributed by atoms with Crippen molar-refractivity contribution in [2.45, 2.75) is 40.0 Å². The topological polar surface area (TPSA) is 53.4 Å². The second kappa shape index (κ2) is 6.15. The lowest BCUT2D eigenvalue weighted by molar-refractivity contribution is -0.118. The molecule has 0 atom stereocenters. The third kappa shape index (κ3) is 5.82. The van der Waals surface area contributed by atoms with E-state index >= 15 is 0 Å². The normalized spacial score (nSPS) is 17.0. The number of rotatable bonds is 4. The maximum Gasteiger partial charge on any atom is 0.140 e. The molecule has 0 aromatic carbocycles. The Labute approximate surface area is 104 Å². The molecule has 0 radical (unpaired) electrons. The molecular formula is C13H24N2O2. The molecule has 0 spiro atoms. The fourth-order valence-corrected chi connectivity index (χ4v) is 1.73. The number of Topliss-reactive ketones (excluding diaryl/α,β-unsaturated/α-hetero) is 1. The minimum absolute atomic E-state index is 0.177. The zero-order valence-corrected chi connectivity index (χ0v) is 11.2. The highest BCUT2D eigenvalue weighted by atomic mass is 16.5. The van der Waals surface area contributed by atoms with Crippen LogP contribution in [0.4, 0.5) is 0 Å². The van der Waals surface area contributed by atoms with Crippen LogP contribution in [0.2, 0.25) is 0 Å². The van der Waals surface area contributed by atoms with Crippen LogP contribution in [0.5, 0.6) is 0 Å². The summed E-state index contributed by atoms with van der Waals surface area (Å²) in [5, 5.41) is 7.90. The number of ether oxygens (including phenoxy) is 1. The SMILES string of the molecule is CC(C)(C)CCC(=O)CC(=N)N1CCOCC1. The van der Waals surface area contributed by atoms with Gasteiger partial charge in [-0.05, 0) is 11.8 Å². The fraction of sp³-hybridized carbons (Fsp3) is 0.846. The first kappa shape index (κ1) is 14.2. The van der Waals surface area contributed by atoms with Gasteiger partial charge in [-0.25, -0.2) is 0 Å². The van der Waals surface area contributed by atoms with Gasteiger partial charge in [0.15, 0.2) is 0 Å². The Morgan fingerprint density at radius 1 is 1.29 bits per heavy atom. The number of carbonyl (C=O) groups excluding carboxylic acids is 1. The van der Waals surface area contributed by atoms with Crippen molar-refractivity contribution in [1.82, 2.24) is 4.90 Å². The van der Waals surface area contributed by atoms with Crippen LogP contribution in [0, 0.1) is 10.8 Å². The first-order valence-corrected chi connectivity index (χ1v) is 6.30. The zero-order valence-electron chi connectivity index (χ0n) is 11.2. The molecule has 1 heterocycles. The summed E-state index contributed by atoms with van der Waals surface area (Å²) >= 11 is 0. The van der Waals surface area contributed by atoms with Gasteiger partial charge in [0, 0.05) is 19.5 Å². The smallest absolute Gasteiger partial charge is 0.140 e. The van der Waals surface area contributed by atoms with Crippen LogP contribution < -0.4 is 0 Å². The number of nitrogens with zero attached hydrogens (tertiary/aromatic N) is 1. The molecule has 17 heavy (non-hydrogen) atoms. The number of ketones is 1. The number of nitrogens with one attached hydrogen (secondary N) is 1. The van der Waals surface area contributed by atoms with Gasteiger partial charge in [-0.2, -0.15) is 0 Å². The summed E-state index contributed by atoms with van der Waals surface area (Å²) in [6.07, 6.45) is 1.74. The summed E-state index contributed by atoms with van der Waals surface area (Å²) in [6, 6.07) is 0. The van der Waals surface area contributed by atoms with Crippen molar-refractivity contribution >= 4 is 11.6 Å². The van der Waals surface area contributed by atoms with E-state index in [4.69, 9.17) is 10.1 Å². The lowest BCUT2D eigenvalue weighted by atomic mass is 9.89. The van der Waals surface area contributed by atoms with Gasteiger partial charge in [-0.3, -0.25) is 10.2 Å². The van der Waals surface area contributed by atoms with Crippen LogP contribution in [-0.2, 0) is 9.53 Å². The molecule has 1 aliphatic rings. The van der Waals surface area contributed by atoms with E-state index in [0.717, 1.165) is 19.5 Å². The van der Waals surface area contributed by atoms with E-state index in [1.54, 1.807) is 0 Å². The predicted octanol–water partition coefficient (Wildman–Crippen LogP) is 2.08. The fourth-order valence-electron chi connectivity index (χ4n) is 1.73. The first-order chi connectivity index (χ1) is 7.88. The van der Waals surface area contributed by atoms with Crippen molar-refractivity contribution in [3.63, 3.8) is 0 Å². The van der Waals surface area contributed by atoms with Crippen molar-refractivity contribution in [3.8, 4) is 0 Å². The van der Waals surface area contributed by atoms with Crippen molar-refractivity contribution < 1.29 is 9.53 Å². The Morgan fingerprint density at radius 3 is 2.41 bits per heavy atom. The molecule has 0 aromatic rings. The van der Waals surface area contributed by atoms with Crippen molar-refractivity contribution in [2.75, 3.05) is 26.3 Å². The van der Waals surface area contributed by atoms with E-state index in [1.165, 1.54) is 0 Å². The van der Waals surface area contributed by atoms with Crippen LogP contribution in [0.3, 0.4) is 0 Å². The largest absolute Gasteiger partial charge is 0.378 e.